The Morgan fingerprint density at radius 1 is 1.05 bits per heavy atom. The molecule has 0 bridgehead atoms. The molecule has 0 radical (unpaired) electrons. The lowest BCUT2D eigenvalue weighted by Gasteiger charge is -2.11. The first kappa shape index (κ1) is 15.5. The summed E-state index contributed by atoms with van der Waals surface area (Å²) in [6.45, 7) is 0.492. The van der Waals surface area contributed by atoms with Gasteiger partial charge >= 0.3 is 0 Å². The van der Waals surface area contributed by atoms with Crippen LogP contribution in [-0.2, 0) is 17.6 Å². The Morgan fingerprint density at radius 2 is 1.71 bits per heavy atom. The topological polar surface area (TPSA) is 49.3 Å². The molecule has 2 aromatic carbocycles. The van der Waals surface area contributed by atoms with Crippen molar-refractivity contribution in [2.24, 2.45) is 0 Å². The SMILES string of the molecule is O=C(NCCc1ccc(Cl)cc1)[C@@H](O)Cc1ccccc1. The quantitative estimate of drug-likeness (QED) is 0.862. The number of aliphatic hydroxyl groups is 1. The third kappa shape index (κ3) is 5.21. The number of halogens is 1. The minimum atomic E-state index is -1.02. The standard InChI is InChI=1S/C17H18ClNO2/c18-15-8-6-13(7-9-15)10-11-19-17(21)16(20)12-14-4-2-1-3-5-14/h1-9,16,20H,10-12H2,(H,19,21)/t16-/m0/s1. The first-order chi connectivity index (χ1) is 10.1. The zero-order valence-electron chi connectivity index (χ0n) is 11.6. The Bertz CT molecular complexity index is 569. The zero-order valence-corrected chi connectivity index (χ0v) is 12.4. The maximum atomic E-state index is 11.8. The maximum absolute atomic E-state index is 11.8. The van der Waals surface area contributed by atoms with Gasteiger partial charge in [-0.25, -0.2) is 0 Å². The molecule has 0 heterocycles. The van der Waals surface area contributed by atoms with Crippen LogP contribution in [-0.4, -0.2) is 23.7 Å². The van der Waals surface area contributed by atoms with E-state index >= 15 is 0 Å². The van der Waals surface area contributed by atoms with Gasteiger partial charge in [-0.1, -0.05) is 54.1 Å². The molecule has 2 rings (SSSR count). The van der Waals surface area contributed by atoms with Crippen LogP contribution in [0.5, 0.6) is 0 Å². The van der Waals surface area contributed by atoms with Crippen LogP contribution in [0.2, 0.25) is 5.02 Å². The second-order valence-electron chi connectivity index (χ2n) is 4.87. The number of aliphatic hydroxyl groups excluding tert-OH is 1. The van der Waals surface area contributed by atoms with Crippen molar-refractivity contribution in [3.05, 3.63) is 70.7 Å². The van der Waals surface area contributed by atoms with E-state index in [1.807, 2.05) is 54.6 Å². The monoisotopic (exact) mass is 303 g/mol. The van der Waals surface area contributed by atoms with Gasteiger partial charge in [-0.2, -0.15) is 0 Å². The summed E-state index contributed by atoms with van der Waals surface area (Å²) in [5, 5.41) is 13.3. The molecule has 3 nitrogen and oxygen atoms in total. The van der Waals surface area contributed by atoms with E-state index in [-0.39, 0.29) is 5.91 Å². The highest BCUT2D eigenvalue weighted by Crippen LogP contribution is 2.09. The molecule has 110 valence electrons. The van der Waals surface area contributed by atoms with Crippen LogP contribution in [0.3, 0.4) is 0 Å². The average Bonchev–Trinajstić information content (AvgIpc) is 2.50. The van der Waals surface area contributed by atoms with Gasteiger partial charge in [0, 0.05) is 18.0 Å². The van der Waals surface area contributed by atoms with Gasteiger partial charge in [0.05, 0.1) is 0 Å². The molecule has 0 aromatic heterocycles. The van der Waals surface area contributed by atoms with Crippen molar-refractivity contribution in [2.45, 2.75) is 18.9 Å². The minimum Gasteiger partial charge on any atom is -0.383 e. The molecule has 0 aliphatic heterocycles. The molecular formula is C17H18ClNO2. The zero-order chi connectivity index (χ0) is 15.1. The fourth-order valence-electron chi connectivity index (χ4n) is 2.03. The van der Waals surface area contributed by atoms with E-state index in [9.17, 15) is 9.90 Å². The second kappa shape index (κ2) is 7.81. The Balaban J connectivity index is 1.75. The fourth-order valence-corrected chi connectivity index (χ4v) is 2.15. The maximum Gasteiger partial charge on any atom is 0.249 e. The Kier molecular flexibility index (Phi) is 5.78. The van der Waals surface area contributed by atoms with E-state index in [2.05, 4.69) is 5.32 Å². The number of hydrogen-bond donors (Lipinski definition) is 2. The molecule has 21 heavy (non-hydrogen) atoms. The summed E-state index contributed by atoms with van der Waals surface area (Å²) in [6, 6.07) is 17.0. The van der Waals surface area contributed by atoms with E-state index in [1.165, 1.54) is 0 Å². The van der Waals surface area contributed by atoms with Crippen LogP contribution in [0.25, 0.3) is 0 Å². The number of amides is 1. The van der Waals surface area contributed by atoms with Crippen molar-refractivity contribution in [1.82, 2.24) is 5.32 Å². The van der Waals surface area contributed by atoms with Crippen molar-refractivity contribution in [2.75, 3.05) is 6.54 Å². The van der Waals surface area contributed by atoms with Gasteiger partial charge in [0.1, 0.15) is 6.10 Å². The lowest BCUT2D eigenvalue weighted by atomic mass is 10.1. The fraction of sp³-hybridized carbons (Fsp3) is 0.235. The summed E-state index contributed by atoms with van der Waals surface area (Å²) >= 11 is 5.81. The Labute approximate surface area is 129 Å². The van der Waals surface area contributed by atoms with Crippen LogP contribution in [0.4, 0.5) is 0 Å². The van der Waals surface area contributed by atoms with E-state index in [1.54, 1.807) is 0 Å². The molecule has 0 aliphatic rings. The highest BCUT2D eigenvalue weighted by atomic mass is 35.5. The first-order valence-electron chi connectivity index (χ1n) is 6.89. The van der Waals surface area contributed by atoms with Gasteiger partial charge in [-0.3, -0.25) is 4.79 Å². The highest BCUT2D eigenvalue weighted by Gasteiger charge is 2.14. The predicted molar refractivity (Wildman–Crippen MR) is 84.3 cm³/mol. The lowest BCUT2D eigenvalue weighted by molar-refractivity contribution is -0.129. The number of carbonyl (C=O) groups excluding carboxylic acids is 1. The normalized spacial score (nSPS) is 11.9. The summed E-state index contributed by atoms with van der Waals surface area (Å²) in [7, 11) is 0. The van der Waals surface area contributed by atoms with Crippen LogP contribution in [0.15, 0.2) is 54.6 Å². The van der Waals surface area contributed by atoms with Crippen molar-refractivity contribution < 1.29 is 9.90 Å². The third-order valence-electron chi connectivity index (χ3n) is 3.20. The number of rotatable bonds is 6. The van der Waals surface area contributed by atoms with E-state index in [0.717, 1.165) is 11.1 Å². The second-order valence-corrected chi connectivity index (χ2v) is 5.31. The molecule has 0 saturated heterocycles. The van der Waals surface area contributed by atoms with Gasteiger partial charge in [0.25, 0.3) is 0 Å². The molecule has 1 atom stereocenters. The number of hydrogen-bond acceptors (Lipinski definition) is 2. The molecule has 0 spiro atoms. The molecule has 0 aliphatic carbocycles. The Hall–Kier alpha value is -1.84. The summed E-state index contributed by atoms with van der Waals surface area (Å²) in [4.78, 5) is 11.8. The van der Waals surface area contributed by atoms with Crippen molar-refractivity contribution in [3.8, 4) is 0 Å². The van der Waals surface area contributed by atoms with Gasteiger partial charge in [0.2, 0.25) is 5.91 Å². The minimum absolute atomic E-state index is 0.327. The molecule has 4 heteroatoms. The number of benzene rings is 2. The summed E-state index contributed by atoms with van der Waals surface area (Å²) in [5.74, 6) is -0.340. The van der Waals surface area contributed by atoms with Crippen LogP contribution < -0.4 is 5.32 Å². The van der Waals surface area contributed by atoms with Crippen LogP contribution >= 0.6 is 11.6 Å². The Morgan fingerprint density at radius 3 is 2.38 bits per heavy atom. The van der Waals surface area contributed by atoms with Crippen LogP contribution in [0, 0.1) is 0 Å². The van der Waals surface area contributed by atoms with Gasteiger partial charge in [-0.05, 0) is 29.7 Å². The smallest absolute Gasteiger partial charge is 0.249 e. The van der Waals surface area contributed by atoms with Crippen LogP contribution in [0.1, 0.15) is 11.1 Å². The molecule has 0 unspecified atom stereocenters. The predicted octanol–water partition coefficient (Wildman–Crippen LogP) is 2.60. The number of nitrogens with one attached hydrogen (secondary N) is 1. The van der Waals surface area contributed by atoms with Gasteiger partial charge in [-0.15, -0.1) is 0 Å². The van der Waals surface area contributed by atoms with Crippen molar-refractivity contribution in [1.29, 1.82) is 0 Å². The average molecular weight is 304 g/mol. The van der Waals surface area contributed by atoms with Gasteiger partial charge < -0.3 is 10.4 Å². The van der Waals surface area contributed by atoms with E-state index in [0.29, 0.717) is 24.4 Å². The molecule has 2 N–H and O–H groups in total. The van der Waals surface area contributed by atoms with Crippen molar-refractivity contribution in [3.63, 3.8) is 0 Å². The van der Waals surface area contributed by atoms with Gasteiger partial charge in [0.15, 0.2) is 0 Å². The molecule has 0 saturated carbocycles. The summed E-state index contributed by atoms with van der Waals surface area (Å²) in [5.41, 5.74) is 2.04. The highest BCUT2D eigenvalue weighted by molar-refractivity contribution is 6.30. The van der Waals surface area contributed by atoms with E-state index < -0.39 is 6.10 Å². The largest absolute Gasteiger partial charge is 0.383 e. The molecular weight excluding hydrogens is 286 g/mol. The molecule has 0 fully saturated rings. The number of carbonyl (C=O) groups is 1. The third-order valence-corrected chi connectivity index (χ3v) is 3.45. The molecule has 1 amide bonds. The van der Waals surface area contributed by atoms with E-state index in [4.69, 9.17) is 11.6 Å². The lowest BCUT2D eigenvalue weighted by Crippen LogP contribution is -2.36. The van der Waals surface area contributed by atoms with Crippen molar-refractivity contribution >= 4 is 17.5 Å². The first-order valence-corrected chi connectivity index (χ1v) is 7.27. The summed E-state index contributed by atoms with van der Waals surface area (Å²) in [6.07, 6.45) is 0.0202. The molecule has 2 aromatic rings. The summed E-state index contributed by atoms with van der Waals surface area (Å²) < 4.78 is 0.